The van der Waals surface area contributed by atoms with E-state index < -0.39 is 139 Å². The third-order valence-electron chi connectivity index (χ3n) is 15.5. The minimum atomic E-state index is -1.37. The highest BCUT2D eigenvalue weighted by molar-refractivity contribution is 5.73. The summed E-state index contributed by atoms with van der Waals surface area (Å²) in [6, 6.07) is 9.52. The number of nitrogens with zero attached hydrogens (tertiary/aromatic N) is 3. The fourth-order valence-electron chi connectivity index (χ4n) is 11.7. The van der Waals surface area contributed by atoms with Gasteiger partial charge in [0.25, 0.3) is 0 Å². The van der Waals surface area contributed by atoms with Crippen molar-refractivity contribution >= 4 is 35.8 Å². The highest BCUT2D eigenvalue weighted by Crippen LogP contribution is 2.44. The van der Waals surface area contributed by atoms with Crippen molar-refractivity contribution in [3.63, 3.8) is 0 Å². The lowest BCUT2D eigenvalue weighted by atomic mass is 9.70. The van der Waals surface area contributed by atoms with Gasteiger partial charge >= 0.3 is 35.8 Å². The number of hydrogen-bond donors (Lipinski definition) is 0. The van der Waals surface area contributed by atoms with E-state index in [2.05, 4.69) is 22.2 Å². The molecule has 1 aromatic rings. The number of cyclic esters (lactones) is 1. The van der Waals surface area contributed by atoms with Gasteiger partial charge in [0.1, 0.15) is 42.7 Å². The Balaban J connectivity index is 1.91. The molecule has 3 saturated heterocycles. The minimum Gasteiger partial charge on any atom is -0.463 e. The Labute approximate surface area is 469 Å². The van der Waals surface area contributed by atoms with Crippen LogP contribution in [-0.2, 0) is 92.0 Å². The molecular weight excluding hydrogens is 1030 g/mol. The van der Waals surface area contributed by atoms with Gasteiger partial charge in [-0.15, -0.1) is 0 Å². The van der Waals surface area contributed by atoms with Crippen LogP contribution in [0.3, 0.4) is 0 Å². The first kappa shape index (κ1) is 67.2. The van der Waals surface area contributed by atoms with Gasteiger partial charge in [-0.1, -0.05) is 51.1 Å². The maximum Gasteiger partial charge on any atom is 0.309 e. The molecule has 0 saturated carbocycles. The topological polar surface area (TPSA) is 223 Å². The smallest absolute Gasteiger partial charge is 0.309 e. The maximum absolute atomic E-state index is 14.3. The Morgan fingerprint density at radius 2 is 1.44 bits per heavy atom. The van der Waals surface area contributed by atoms with Crippen molar-refractivity contribution in [3.8, 4) is 0 Å². The molecule has 21 heteroatoms. The molecule has 0 N–H and O–H groups in total. The van der Waals surface area contributed by atoms with Crippen molar-refractivity contribution in [2.45, 2.75) is 219 Å². The molecule has 0 spiro atoms. The molecule has 0 unspecified atom stereocenters. The van der Waals surface area contributed by atoms with Crippen LogP contribution in [0.2, 0.25) is 0 Å². The van der Waals surface area contributed by atoms with Crippen LogP contribution in [0.4, 0.5) is 0 Å². The summed E-state index contributed by atoms with van der Waals surface area (Å²) >= 11 is 0. The minimum absolute atomic E-state index is 0.0212. The van der Waals surface area contributed by atoms with Crippen LogP contribution in [-0.4, -0.2) is 198 Å². The number of likely N-dealkylation sites (N-methyl/N-ethyl adjacent to an activating group) is 2. The SMILES string of the molecule is CCC(=O)O[C@@H]1CC(=O)O[C@H](C)CCN(CCCCc2ccccc2)N(C)C[C@H](OC(C)=O)[C@H](C)C[C@H](CC(OC)OC)[C@H]([C@@H]2O[C@H](C)[C@@H](O[C@@H]3C[C@@](C)(OC(C)=O)[C@@H](OC(=O)CC)[C@H](C)O3)[C@H](N(C)C)[C@H]2OC(C)=O)[C@@H]1OC. The van der Waals surface area contributed by atoms with E-state index in [-0.39, 0.29) is 31.6 Å². The van der Waals surface area contributed by atoms with E-state index in [1.54, 1.807) is 27.7 Å². The van der Waals surface area contributed by atoms with Gasteiger partial charge in [-0.05, 0) is 91.3 Å². The molecule has 79 heavy (non-hydrogen) atoms. The summed E-state index contributed by atoms with van der Waals surface area (Å²) in [5.41, 5.74) is -0.118. The molecular formula is C58H95N3O18. The number of rotatable bonds is 21. The molecule has 3 aliphatic rings. The number of hydrazine groups is 1. The van der Waals surface area contributed by atoms with Crippen LogP contribution in [0.25, 0.3) is 0 Å². The second kappa shape index (κ2) is 32.4. The van der Waals surface area contributed by atoms with Crippen molar-refractivity contribution in [3.05, 3.63) is 35.9 Å². The van der Waals surface area contributed by atoms with Crippen molar-refractivity contribution in [1.82, 2.24) is 14.9 Å². The van der Waals surface area contributed by atoms with E-state index in [1.807, 2.05) is 65.0 Å². The average molecular weight is 1120 g/mol. The highest BCUT2D eigenvalue weighted by atomic mass is 16.7. The number of unbranched alkanes of at least 4 members (excludes halogenated alkanes) is 1. The normalized spacial score (nSPS) is 32.9. The second-order valence-corrected chi connectivity index (χ2v) is 22.0. The van der Waals surface area contributed by atoms with Crippen LogP contribution in [0.5, 0.6) is 0 Å². The van der Waals surface area contributed by atoms with Crippen LogP contribution in [0.15, 0.2) is 30.3 Å². The summed E-state index contributed by atoms with van der Waals surface area (Å²) in [4.78, 5) is 81.8. The lowest BCUT2D eigenvalue weighted by molar-refractivity contribution is -0.320. The van der Waals surface area contributed by atoms with Gasteiger partial charge in [0.05, 0.1) is 31.2 Å². The summed E-state index contributed by atoms with van der Waals surface area (Å²) in [6.07, 6.45) is -8.00. The van der Waals surface area contributed by atoms with E-state index in [0.717, 1.165) is 19.3 Å². The fraction of sp³-hybridized carbons (Fsp3) is 0.793. The Bertz CT molecular complexity index is 2060. The number of hydrogen-bond acceptors (Lipinski definition) is 21. The van der Waals surface area contributed by atoms with E-state index in [9.17, 15) is 28.8 Å². The summed E-state index contributed by atoms with van der Waals surface area (Å²) in [7, 11) is 10.1. The molecule has 450 valence electrons. The quantitative estimate of drug-likeness (QED) is 0.0576. The molecule has 3 fully saturated rings. The number of carbonyl (C=O) groups is 6. The van der Waals surface area contributed by atoms with E-state index in [0.29, 0.717) is 32.5 Å². The first-order valence-corrected chi connectivity index (χ1v) is 28.2. The predicted molar refractivity (Wildman–Crippen MR) is 290 cm³/mol. The number of benzene rings is 1. The van der Waals surface area contributed by atoms with Gasteiger partial charge in [0.15, 0.2) is 24.3 Å². The largest absolute Gasteiger partial charge is 0.463 e. The number of carbonyl (C=O) groups excluding carboxylic acids is 6. The molecule has 0 radical (unpaired) electrons. The Kier molecular flexibility index (Phi) is 27.5. The Hall–Kier alpha value is -4.32. The first-order valence-electron chi connectivity index (χ1n) is 28.2. The third-order valence-corrected chi connectivity index (χ3v) is 15.5. The zero-order valence-electron chi connectivity index (χ0n) is 50.0. The molecule has 0 amide bonds. The van der Waals surface area contributed by atoms with Crippen LogP contribution in [0.1, 0.15) is 133 Å². The standard InChI is InChI=1S/C58H95N3O18/c1-17-46(65)76-44-32-48(67)71-36(4)27-29-61(28-23-22-26-42-24-20-19-21-25-42)60(13)34-45(74-39(7)62)35(3)30-43(31-49(68-14)69-15)51(54(44)70-16)55-56(75-40(8)63)52(59(11)12)53(37(5)73-55)78-50-33-58(10,79-41(9)64)57(38(6)72-50)77-47(66)18-2/h19-21,24-25,35-38,43-45,49-57H,17-18,22-23,26-34H2,1-16H3/t35-,36-,37-,38+,43-,44-,45+,50-,51+,52+,53-,54-,55+,56-,57+,58-/m1/s1. The monoisotopic (exact) mass is 1120 g/mol. The number of methoxy groups -OCH3 is 3. The van der Waals surface area contributed by atoms with Crippen molar-refractivity contribution in [1.29, 1.82) is 0 Å². The lowest BCUT2D eigenvalue weighted by Crippen LogP contribution is -2.68. The number of ether oxygens (including phenoxy) is 12. The summed E-state index contributed by atoms with van der Waals surface area (Å²) in [6.45, 7) is 17.8. The highest BCUT2D eigenvalue weighted by Gasteiger charge is 2.58. The van der Waals surface area contributed by atoms with Crippen molar-refractivity contribution < 1.29 is 85.6 Å². The van der Waals surface area contributed by atoms with Crippen LogP contribution in [0, 0.1) is 17.8 Å². The van der Waals surface area contributed by atoms with E-state index in [1.165, 1.54) is 47.7 Å². The molecule has 21 nitrogen and oxygen atoms in total. The Morgan fingerprint density at radius 3 is 2.03 bits per heavy atom. The van der Waals surface area contributed by atoms with Crippen molar-refractivity contribution in [2.75, 3.05) is 62.1 Å². The second-order valence-electron chi connectivity index (χ2n) is 22.0. The van der Waals surface area contributed by atoms with Gasteiger partial charge in [-0.3, -0.25) is 28.8 Å². The van der Waals surface area contributed by atoms with Crippen LogP contribution >= 0.6 is 0 Å². The number of aryl methyl sites for hydroxylation is 1. The molecule has 1 aromatic carbocycles. The zero-order valence-corrected chi connectivity index (χ0v) is 50.0. The first-order chi connectivity index (χ1) is 37.4. The molecule has 16 atom stereocenters. The summed E-state index contributed by atoms with van der Waals surface area (Å²) in [5, 5.41) is 4.29. The average Bonchev–Trinajstić information content (AvgIpc) is 3.51. The summed E-state index contributed by atoms with van der Waals surface area (Å²) < 4.78 is 75.7. The predicted octanol–water partition coefficient (Wildman–Crippen LogP) is 6.23. The van der Waals surface area contributed by atoms with Gasteiger partial charge in [-0.25, -0.2) is 10.0 Å². The van der Waals surface area contributed by atoms with Gasteiger partial charge in [0, 0.05) is 93.8 Å². The third kappa shape index (κ3) is 20.0. The Morgan fingerprint density at radius 1 is 0.797 bits per heavy atom. The van der Waals surface area contributed by atoms with Gasteiger partial charge in [0.2, 0.25) is 0 Å². The summed E-state index contributed by atoms with van der Waals surface area (Å²) in [5.74, 6) is -5.33. The molecule has 0 bridgehead atoms. The molecule has 3 heterocycles. The van der Waals surface area contributed by atoms with Gasteiger partial charge < -0.3 is 61.7 Å². The van der Waals surface area contributed by atoms with Gasteiger partial charge in [-0.2, -0.15) is 0 Å². The molecule has 0 aromatic heterocycles. The molecule has 3 aliphatic heterocycles. The fourth-order valence-corrected chi connectivity index (χ4v) is 11.7. The lowest BCUT2D eigenvalue weighted by Gasteiger charge is -2.54. The molecule has 4 rings (SSSR count). The van der Waals surface area contributed by atoms with E-state index in [4.69, 9.17) is 56.8 Å². The number of esters is 6. The van der Waals surface area contributed by atoms with Crippen LogP contribution < -0.4 is 0 Å². The zero-order chi connectivity index (χ0) is 58.7. The maximum atomic E-state index is 14.3. The van der Waals surface area contributed by atoms with E-state index >= 15 is 0 Å². The molecule has 0 aliphatic carbocycles. The van der Waals surface area contributed by atoms with Crippen molar-refractivity contribution in [2.24, 2.45) is 17.8 Å².